The molecular weight excluding hydrogens is 315 g/mol. The maximum atomic E-state index is 14.3. The monoisotopic (exact) mass is 334 g/mol. The van der Waals surface area contributed by atoms with E-state index in [0.29, 0.717) is 12.1 Å². The number of hydrogen-bond acceptors (Lipinski definition) is 2. The number of hydrogen-bond donors (Lipinski definition) is 1. The van der Waals surface area contributed by atoms with Gasteiger partial charge in [0.05, 0.1) is 0 Å². The van der Waals surface area contributed by atoms with Gasteiger partial charge in [0.25, 0.3) is 0 Å². The van der Waals surface area contributed by atoms with Crippen molar-refractivity contribution in [1.82, 2.24) is 10.3 Å². The highest BCUT2D eigenvalue weighted by Gasteiger charge is 2.20. The lowest BCUT2D eigenvalue weighted by Gasteiger charge is -2.18. The molecule has 1 N–H and O–H groups in total. The van der Waals surface area contributed by atoms with Gasteiger partial charge in [-0.3, -0.25) is 9.78 Å². The normalized spacial score (nSPS) is 11.7. The summed E-state index contributed by atoms with van der Waals surface area (Å²) in [5, 5.41) is 2.89. The number of amides is 1. The van der Waals surface area contributed by atoms with Crippen molar-refractivity contribution >= 4 is 5.91 Å². The van der Waals surface area contributed by atoms with Crippen LogP contribution in [0.2, 0.25) is 0 Å². The summed E-state index contributed by atoms with van der Waals surface area (Å²) < 4.78 is 14.3. The molecule has 2 aromatic carbocycles. The Balaban J connectivity index is 1.76. The van der Waals surface area contributed by atoms with Gasteiger partial charge in [-0.25, -0.2) is 4.39 Å². The Morgan fingerprint density at radius 2 is 1.76 bits per heavy atom. The molecule has 1 aromatic heterocycles. The fourth-order valence-corrected chi connectivity index (χ4v) is 2.81. The van der Waals surface area contributed by atoms with Crippen LogP contribution in [0.25, 0.3) is 0 Å². The molecule has 1 heterocycles. The standard InChI is InChI=1S/C21H19FN2O/c22-20-11-5-4-10-18(20)19(17-8-2-1-3-9-17)13-21(25)24-15-16-7-6-12-23-14-16/h1-12,14,19H,13,15H2,(H,24,25). The van der Waals surface area contributed by atoms with Gasteiger partial charge in [-0.05, 0) is 28.8 Å². The summed E-state index contributed by atoms with van der Waals surface area (Å²) in [5.41, 5.74) is 2.38. The summed E-state index contributed by atoms with van der Waals surface area (Å²) in [6.45, 7) is 0.408. The van der Waals surface area contributed by atoms with Gasteiger partial charge in [-0.1, -0.05) is 54.6 Å². The minimum absolute atomic E-state index is 0.124. The van der Waals surface area contributed by atoms with Gasteiger partial charge >= 0.3 is 0 Å². The second kappa shape index (κ2) is 8.20. The predicted molar refractivity (Wildman–Crippen MR) is 95.4 cm³/mol. The fourth-order valence-electron chi connectivity index (χ4n) is 2.81. The van der Waals surface area contributed by atoms with Crippen molar-refractivity contribution in [2.75, 3.05) is 0 Å². The van der Waals surface area contributed by atoms with E-state index in [2.05, 4.69) is 10.3 Å². The van der Waals surface area contributed by atoms with Crippen LogP contribution in [0.5, 0.6) is 0 Å². The minimum atomic E-state index is -0.323. The SMILES string of the molecule is O=C(CC(c1ccccc1)c1ccccc1F)NCc1cccnc1. The van der Waals surface area contributed by atoms with Crippen LogP contribution < -0.4 is 5.32 Å². The van der Waals surface area contributed by atoms with E-state index in [9.17, 15) is 9.18 Å². The quantitative estimate of drug-likeness (QED) is 0.739. The molecule has 4 heteroatoms. The van der Waals surface area contributed by atoms with Gasteiger partial charge in [0, 0.05) is 31.3 Å². The Bertz CT molecular complexity index is 822. The predicted octanol–water partition coefficient (Wildman–Crippen LogP) is 4.06. The second-order valence-electron chi connectivity index (χ2n) is 5.83. The zero-order valence-corrected chi connectivity index (χ0v) is 13.7. The van der Waals surface area contributed by atoms with Crippen LogP contribution in [0.15, 0.2) is 79.1 Å². The van der Waals surface area contributed by atoms with Crippen LogP contribution in [-0.4, -0.2) is 10.9 Å². The first kappa shape index (κ1) is 16.8. The van der Waals surface area contributed by atoms with Crippen molar-refractivity contribution in [2.45, 2.75) is 18.9 Å². The lowest BCUT2D eigenvalue weighted by Crippen LogP contribution is -2.25. The Labute approximate surface area is 146 Å². The van der Waals surface area contributed by atoms with Crippen molar-refractivity contribution in [3.05, 3.63) is 102 Å². The third-order valence-electron chi connectivity index (χ3n) is 4.08. The van der Waals surface area contributed by atoms with Crippen molar-refractivity contribution in [2.24, 2.45) is 0 Å². The van der Waals surface area contributed by atoms with E-state index in [-0.39, 0.29) is 24.1 Å². The third-order valence-corrected chi connectivity index (χ3v) is 4.08. The summed E-state index contributed by atoms with van der Waals surface area (Å²) >= 11 is 0. The first-order valence-electron chi connectivity index (χ1n) is 8.19. The van der Waals surface area contributed by atoms with Gasteiger partial charge in [-0.2, -0.15) is 0 Å². The smallest absolute Gasteiger partial charge is 0.221 e. The molecule has 3 aromatic rings. The average Bonchev–Trinajstić information content (AvgIpc) is 2.67. The summed E-state index contributed by atoms with van der Waals surface area (Å²) in [6, 6.07) is 19.9. The van der Waals surface area contributed by atoms with Gasteiger partial charge in [-0.15, -0.1) is 0 Å². The lowest BCUT2D eigenvalue weighted by atomic mass is 9.88. The topological polar surface area (TPSA) is 42.0 Å². The molecular formula is C21H19FN2O. The molecule has 0 fully saturated rings. The number of rotatable bonds is 6. The molecule has 0 aliphatic carbocycles. The number of nitrogens with one attached hydrogen (secondary N) is 1. The third kappa shape index (κ3) is 4.51. The molecule has 126 valence electrons. The van der Waals surface area contributed by atoms with Crippen LogP contribution in [0, 0.1) is 5.82 Å². The Morgan fingerprint density at radius 1 is 1.00 bits per heavy atom. The van der Waals surface area contributed by atoms with Crippen LogP contribution in [0.3, 0.4) is 0 Å². The largest absolute Gasteiger partial charge is 0.352 e. The van der Waals surface area contributed by atoms with Gasteiger partial charge in [0.2, 0.25) is 5.91 Å². The van der Waals surface area contributed by atoms with E-state index in [0.717, 1.165) is 11.1 Å². The number of benzene rings is 2. The van der Waals surface area contributed by atoms with E-state index in [1.165, 1.54) is 6.07 Å². The van der Waals surface area contributed by atoms with E-state index < -0.39 is 0 Å². The first-order chi connectivity index (χ1) is 12.2. The number of carbonyl (C=O) groups is 1. The lowest BCUT2D eigenvalue weighted by molar-refractivity contribution is -0.121. The zero-order valence-electron chi connectivity index (χ0n) is 13.7. The van der Waals surface area contributed by atoms with Crippen LogP contribution >= 0.6 is 0 Å². The number of nitrogens with zero attached hydrogens (tertiary/aromatic N) is 1. The van der Waals surface area contributed by atoms with Gasteiger partial charge in [0.1, 0.15) is 5.82 Å². The number of halogens is 1. The first-order valence-corrected chi connectivity index (χ1v) is 8.19. The Morgan fingerprint density at radius 3 is 2.48 bits per heavy atom. The molecule has 0 saturated heterocycles. The maximum absolute atomic E-state index is 14.3. The zero-order chi connectivity index (χ0) is 17.5. The van der Waals surface area contributed by atoms with Crippen LogP contribution in [-0.2, 0) is 11.3 Å². The molecule has 1 amide bonds. The van der Waals surface area contributed by atoms with Crippen LogP contribution in [0.4, 0.5) is 4.39 Å². The highest BCUT2D eigenvalue weighted by molar-refractivity contribution is 5.77. The molecule has 3 nitrogen and oxygen atoms in total. The highest BCUT2D eigenvalue weighted by atomic mass is 19.1. The van der Waals surface area contributed by atoms with Gasteiger partial charge in [0.15, 0.2) is 0 Å². The summed E-state index contributed by atoms with van der Waals surface area (Å²) in [6.07, 6.45) is 3.59. The molecule has 1 atom stereocenters. The van der Waals surface area contributed by atoms with Crippen molar-refractivity contribution in [3.63, 3.8) is 0 Å². The van der Waals surface area contributed by atoms with Gasteiger partial charge < -0.3 is 5.32 Å². The number of aromatic nitrogens is 1. The minimum Gasteiger partial charge on any atom is -0.352 e. The molecule has 0 aliphatic heterocycles. The van der Waals surface area contributed by atoms with Crippen LogP contribution in [0.1, 0.15) is 29.0 Å². The average molecular weight is 334 g/mol. The molecule has 0 aliphatic rings. The van der Waals surface area contributed by atoms with E-state index >= 15 is 0 Å². The maximum Gasteiger partial charge on any atom is 0.221 e. The summed E-state index contributed by atoms with van der Waals surface area (Å²) in [4.78, 5) is 16.5. The van der Waals surface area contributed by atoms with Crippen molar-refractivity contribution < 1.29 is 9.18 Å². The molecule has 25 heavy (non-hydrogen) atoms. The van der Waals surface area contributed by atoms with Crippen molar-refractivity contribution in [3.8, 4) is 0 Å². The number of carbonyl (C=O) groups excluding carboxylic acids is 1. The summed E-state index contributed by atoms with van der Waals surface area (Å²) in [5.74, 6) is -0.742. The van der Waals surface area contributed by atoms with Crippen molar-refractivity contribution in [1.29, 1.82) is 0 Å². The molecule has 1 unspecified atom stereocenters. The molecule has 0 bridgehead atoms. The second-order valence-corrected chi connectivity index (χ2v) is 5.83. The Kier molecular flexibility index (Phi) is 5.52. The molecule has 0 spiro atoms. The Hall–Kier alpha value is -3.01. The van der Waals surface area contributed by atoms with E-state index in [4.69, 9.17) is 0 Å². The van der Waals surface area contributed by atoms with E-state index in [1.54, 1.807) is 30.6 Å². The highest BCUT2D eigenvalue weighted by Crippen LogP contribution is 2.29. The fraction of sp³-hybridized carbons (Fsp3) is 0.143. The number of pyridine rings is 1. The summed E-state index contributed by atoms with van der Waals surface area (Å²) in [7, 11) is 0. The molecule has 3 rings (SSSR count). The van der Waals surface area contributed by atoms with E-state index in [1.807, 2.05) is 42.5 Å². The molecule has 0 saturated carbocycles. The molecule has 0 radical (unpaired) electrons.